The van der Waals surface area contributed by atoms with Crippen molar-refractivity contribution in [2.75, 3.05) is 13.2 Å². The van der Waals surface area contributed by atoms with Crippen molar-refractivity contribution >= 4 is 11.9 Å². The van der Waals surface area contributed by atoms with Crippen molar-refractivity contribution in [3.05, 3.63) is 0 Å². The Bertz CT molecular complexity index is 184. The molecule has 82 valence electrons. The summed E-state index contributed by atoms with van der Waals surface area (Å²) in [6.45, 7) is 3.44. The van der Waals surface area contributed by atoms with Crippen molar-refractivity contribution < 1.29 is 24.2 Å². The normalized spacial score (nSPS) is 14.3. The van der Waals surface area contributed by atoms with Crippen LogP contribution in [0, 0.1) is 0 Å². The number of hydrogen-bond donors (Lipinski definition) is 2. The lowest BCUT2D eigenvalue weighted by Gasteiger charge is -2.15. The first-order valence-electron chi connectivity index (χ1n) is 4.31. The van der Waals surface area contributed by atoms with Crippen LogP contribution < -0.4 is 5.73 Å². The van der Waals surface area contributed by atoms with Gasteiger partial charge in [-0.2, -0.15) is 0 Å². The second-order valence-corrected chi connectivity index (χ2v) is 2.47. The Morgan fingerprint density at radius 3 is 2.07 bits per heavy atom. The minimum absolute atomic E-state index is 0.117. The predicted octanol–water partition coefficient (Wildman–Crippen LogP) is -1.20. The Labute approximate surface area is 82.0 Å². The van der Waals surface area contributed by atoms with Crippen molar-refractivity contribution in [1.82, 2.24) is 0 Å². The van der Waals surface area contributed by atoms with Crippen LogP contribution in [0.5, 0.6) is 0 Å². The van der Waals surface area contributed by atoms with Gasteiger partial charge in [0.15, 0.2) is 6.10 Å². The Balaban J connectivity index is 4.16. The van der Waals surface area contributed by atoms with Crippen LogP contribution in [0.3, 0.4) is 0 Å². The largest absolute Gasteiger partial charge is 0.465 e. The van der Waals surface area contributed by atoms with Crippen LogP contribution in [0.2, 0.25) is 0 Å². The minimum Gasteiger partial charge on any atom is -0.465 e. The first kappa shape index (κ1) is 12.9. The highest BCUT2D eigenvalue weighted by Gasteiger charge is 2.30. The fourth-order valence-electron chi connectivity index (χ4n) is 0.742. The van der Waals surface area contributed by atoms with Gasteiger partial charge in [0.2, 0.25) is 0 Å². The Morgan fingerprint density at radius 1 is 1.21 bits per heavy atom. The Kier molecular flexibility index (Phi) is 5.82. The molecule has 0 saturated carbocycles. The molecule has 6 heteroatoms. The van der Waals surface area contributed by atoms with E-state index in [2.05, 4.69) is 9.47 Å². The maximum atomic E-state index is 11.0. The van der Waals surface area contributed by atoms with Gasteiger partial charge in [-0.25, -0.2) is 4.79 Å². The van der Waals surface area contributed by atoms with Crippen molar-refractivity contribution in [3.8, 4) is 0 Å². The Morgan fingerprint density at radius 2 is 1.64 bits per heavy atom. The van der Waals surface area contributed by atoms with E-state index in [4.69, 9.17) is 5.73 Å². The summed E-state index contributed by atoms with van der Waals surface area (Å²) in [6, 6.07) is -1.39. The van der Waals surface area contributed by atoms with E-state index in [0.717, 1.165) is 0 Å². The number of esters is 2. The molecule has 0 radical (unpaired) electrons. The van der Waals surface area contributed by atoms with Gasteiger partial charge in [-0.15, -0.1) is 0 Å². The molecule has 0 rings (SSSR count). The van der Waals surface area contributed by atoms with Crippen LogP contribution in [-0.4, -0.2) is 42.4 Å². The molecule has 0 aliphatic rings. The summed E-state index contributed by atoms with van der Waals surface area (Å²) in [4.78, 5) is 21.9. The number of aliphatic hydroxyl groups excluding tert-OH is 1. The van der Waals surface area contributed by atoms with Gasteiger partial charge in [-0.05, 0) is 13.8 Å². The predicted molar refractivity (Wildman–Crippen MR) is 47.2 cm³/mol. The quantitative estimate of drug-likeness (QED) is 0.547. The molecule has 3 N–H and O–H groups in total. The summed E-state index contributed by atoms with van der Waals surface area (Å²) < 4.78 is 9.00. The monoisotopic (exact) mass is 205 g/mol. The summed E-state index contributed by atoms with van der Waals surface area (Å²) in [5.74, 6) is -1.75. The molecule has 0 aromatic rings. The molecular formula is C8H15NO5. The molecule has 0 amide bonds. The topological polar surface area (TPSA) is 98.9 Å². The SMILES string of the molecule is CCOC(=O)[C@@H](N)[C@@H](O)C(=O)OCC. The zero-order chi connectivity index (χ0) is 11.1. The average molecular weight is 205 g/mol. The van der Waals surface area contributed by atoms with Gasteiger partial charge < -0.3 is 20.3 Å². The van der Waals surface area contributed by atoms with Crippen molar-refractivity contribution in [2.24, 2.45) is 5.73 Å². The molecule has 0 fully saturated rings. The van der Waals surface area contributed by atoms with E-state index in [-0.39, 0.29) is 13.2 Å². The summed E-state index contributed by atoms with van der Waals surface area (Å²) >= 11 is 0. The van der Waals surface area contributed by atoms with Crippen molar-refractivity contribution in [3.63, 3.8) is 0 Å². The molecule has 2 atom stereocenters. The van der Waals surface area contributed by atoms with Gasteiger partial charge in [-0.1, -0.05) is 0 Å². The van der Waals surface area contributed by atoms with E-state index in [0.29, 0.717) is 0 Å². The number of rotatable bonds is 5. The second kappa shape index (κ2) is 6.33. The molecular weight excluding hydrogens is 190 g/mol. The molecule has 0 saturated heterocycles. The third-order valence-corrected chi connectivity index (χ3v) is 1.43. The van der Waals surface area contributed by atoms with Gasteiger partial charge >= 0.3 is 11.9 Å². The summed E-state index contributed by atoms with van der Waals surface area (Å²) in [5.41, 5.74) is 5.25. The molecule has 0 spiro atoms. The number of aliphatic hydroxyl groups is 1. The maximum Gasteiger partial charge on any atom is 0.337 e. The number of carbonyl (C=O) groups excluding carboxylic acids is 2. The molecule has 0 aliphatic carbocycles. The molecule has 6 nitrogen and oxygen atoms in total. The van der Waals surface area contributed by atoms with Crippen molar-refractivity contribution in [1.29, 1.82) is 0 Å². The summed E-state index contributed by atoms with van der Waals surface area (Å²) in [7, 11) is 0. The maximum absolute atomic E-state index is 11.0. The van der Waals surface area contributed by atoms with E-state index in [1.165, 1.54) is 0 Å². The second-order valence-electron chi connectivity index (χ2n) is 2.47. The van der Waals surface area contributed by atoms with Crippen LogP contribution in [0.1, 0.15) is 13.8 Å². The van der Waals surface area contributed by atoms with E-state index in [1.54, 1.807) is 13.8 Å². The third-order valence-electron chi connectivity index (χ3n) is 1.43. The number of carbonyl (C=O) groups is 2. The molecule has 0 heterocycles. The highest BCUT2D eigenvalue weighted by Crippen LogP contribution is 1.97. The van der Waals surface area contributed by atoms with E-state index < -0.39 is 24.1 Å². The van der Waals surface area contributed by atoms with E-state index in [1.807, 2.05) is 0 Å². The van der Waals surface area contributed by atoms with Gasteiger partial charge in [0, 0.05) is 0 Å². The zero-order valence-corrected chi connectivity index (χ0v) is 8.23. The average Bonchev–Trinajstić information content (AvgIpc) is 2.16. The molecule has 0 bridgehead atoms. The van der Waals surface area contributed by atoms with Gasteiger partial charge in [0.25, 0.3) is 0 Å². The number of ether oxygens (including phenoxy) is 2. The van der Waals surface area contributed by atoms with E-state index in [9.17, 15) is 14.7 Å². The fourth-order valence-corrected chi connectivity index (χ4v) is 0.742. The van der Waals surface area contributed by atoms with Gasteiger partial charge in [0.05, 0.1) is 13.2 Å². The lowest BCUT2D eigenvalue weighted by Crippen LogP contribution is -2.47. The van der Waals surface area contributed by atoms with Crippen molar-refractivity contribution in [2.45, 2.75) is 26.0 Å². The number of nitrogens with two attached hydrogens (primary N) is 1. The Hall–Kier alpha value is -1.14. The van der Waals surface area contributed by atoms with Crippen LogP contribution in [0.15, 0.2) is 0 Å². The van der Waals surface area contributed by atoms with Crippen LogP contribution in [0.25, 0.3) is 0 Å². The fraction of sp³-hybridized carbons (Fsp3) is 0.750. The first-order chi connectivity index (χ1) is 6.54. The standard InChI is InChI=1S/C8H15NO5/c1-3-13-7(11)5(9)6(10)8(12)14-4-2/h5-6,10H,3-4,9H2,1-2H3/t5-,6+/m0/s1. The smallest absolute Gasteiger partial charge is 0.337 e. The van der Waals surface area contributed by atoms with Crippen LogP contribution in [-0.2, 0) is 19.1 Å². The summed E-state index contributed by atoms with van der Waals surface area (Å²) in [5, 5.41) is 9.21. The van der Waals surface area contributed by atoms with Gasteiger partial charge in [0.1, 0.15) is 6.04 Å². The highest BCUT2D eigenvalue weighted by atomic mass is 16.6. The van der Waals surface area contributed by atoms with Crippen LogP contribution >= 0.6 is 0 Å². The highest BCUT2D eigenvalue weighted by molar-refractivity contribution is 5.85. The molecule has 0 aromatic heterocycles. The minimum atomic E-state index is -1.67. The molecule has 0 aliphatic heterocycles. The zero-order valence-electron chi connectivity index (χ0n) is 8.23. The number of hydrogen-bond acceptors (Lipinski definition) is 6. The molecule has 0 aromatic carbocycles. The van der Waals surface area contributed by atoms with Crippen LogP contribution in [0.4, 0.5) is 0 Å². The van der Waals surface area contributed by atoms with E-state index >= 15 is 0 Å². The molecule has 0 unspecified atom stereocenters. The third kappa shape index (κ3) is 3.71. The van der Waals surface area contributed by atoms with Gasteiger partial charge in [-0.3, -0.25) is 4.79 Å². The summed E-state index contributed by atoms with van der Waals surface area (Å²) in [6.07, 6.45) is -1.67. The first-order valence-corrected chi connectivity index (χ1v) is 4.31. The lowest BCUT2D eigenvalue weighted by atomic mass is 10.2. The lowest BCUT2D eigenvalue weighted by molar-refractivity contribution is -0.161. The molecule has 14 heavy (non-hydrogen) atoms.